The Labute approximate surface area is 116 Å². The minimum absolute atomic E-state index is 0.0910. The molecule has 1 aliphatic rings. The molecule has 1 aliphatic carbocycles. The highest BCUT2D eigenvalue weighted by Crippen LogP contribution is 2.47. The third-order valence-electron chi connectivity index (χ3n) is 3.89. The van der Waals surface area contributed by atoms with E-state index in [1.807, 2.05) is 38.1 Å². The molecule has 1 atom stereocenters. The van der Waals surface area contributed by atoms with Gasteiger partial charge in [0.1, 0.15) is 5.41 Å². The van der Waals surface area contributed by atoms with Crippen LogP contribution in [0.4, 0.5) is 0 Å². The first kappa shape index (κ1) is 13.3. The Morgan fingerprint density at radius 2 is 2.00 bits per heavy atom. The molecular weight excluding hydrogens is 290 g/mol. The molecule has 94 valence electrons. The number of halogens is 1. The van der Waals surface area contributed by atoms with Gasteiger partial charge in [-0.3, -0.25) is 4.79 Å². The van der Waals surface area contributed by atoms with Crippen LogP contribution >= 0.6 is 15.9 Å². The second-order valence-corrected chi connectivity index (χ2v) is 6.53. The van der Waals surface area contributed by atoms with E-state index >= 15 is 0 Å². The summed E-state index contributed by atoms with van der Waals surface area (Å²) >= 11 is 3.48. The van der Waals surface area contributed by atoms with Gasteiger partial charge in [0.2, 0.25) is 0 Å². The molecule has 0 spiro atoms. The largest absolute Gasteiger partial charge is 0.297 e. The van der Waals surface area contributed by atoms with E-state index in [1.165, 1.54) is 0 Å². The fraction of sp³-hybridized carbons (Fsp3) is 0.467. The number of ketones is 1. The Morgan fingerprint density at radius 3 is 2.50 bits per heavy atom. The van der Waals surface area contributed by atoms with E-state index in [0.29, 0.717) is 12.8 Å². The average molecular weight is 306 g/mol. The summed E-state index contributed by atoms with van der Waals surface area (Å²) < 4.78 is 0.970. The second kappa shape index (κ2) is 4.51. The molecule has 0 amide bonds. The molecule has 0 aliphatic heterocycles. The molecule has 1 fully saturated rings. The van der Waals surface area contributed by atoms with Crippen LogP contribution in [0.1, 0.15) is 32.3 Å². The summed E-state index contributed by atoms with van der Waals surface area (Å²) in [4.78, 5) is 12.5. The van der Waals surface area contributed by atoms with Crippen molar-refractivity contribution in [3.8, 4) is 6.07 Å². The molecule has 0 radical (unpaired) electrons. The minimum Gasteiger partial charge on any atom is -0.297 e. The van der Waals surface area contributed by atoms with Crippen molar-refractivity contribution in [3.05, 3.63) is 34.3 Å². The van der Waals surface area contributed by atoms with Gasteiger partial charge in [-0.1, -0.05) is 48.0 Å². The molecule has 0 heterocycles. The highest BCUT2D eigenvalue weighted by atomic mass is 79.9. The number of nitriles is 1. The van der Waals surface area contributed by atoms with Gasteiger partial charge in [0.25, 0.3) is 0 Å². The number of Topliss-reactive ketones (excluding diaryl/α,β-unsaturated/α-hetero) is 1. The summed E-state index contributed by atoms with van der Waals surface area (Å²) in [6.07, 6.45) is 1.97. The van der Waals surface area contributed by atoms with Crippen molar-refractivity contribution < 1.29 is 4.79 Å². The lowest BCUT2D eigenvalue weighted by molar-refractivity contribution is -0.130. The summed E-state index contributed by atoms with van der Waals surface area (Å²) in [5.74, 6) is 0.0910. The maximum atomic E-state index is 12.5. The quantitative estimate of drug-likeness (QED) is 0.831. The molecular formula is C15H16BrNO. The predicted octanol–water partition coefficient (Wildman–Crippen LogP) is 3.89. The molecule has 1 saturated carbocycles. The topological polar surface area (TPSA) is 40.9 Å². The van der Waals surface area contributed by atoms with Crippen LogP contribution in [0.25, 0.3) is 0 Å². The second-order valence-electron chi connectivity index (χ2n) is 5.68. The molecule has 3 heteroatoms. The number of carbonyl (C=O) groups excluding carboxylic acids is 1. The number of hydrogen-bond donors (Lipinski definition) is 0. The van der Waals surface area contributed by atoms with Gasteiger partial charge < -0.3 is 0 Å². The van der Waals surface area contributed by atoms with Crippen LogP contribution in [0.5, 0.6) is 0 Å². The third-order valence-corrected chi connectivity index (χ3v) is 4.66. The summed E-state index contributed by atoms with van der Waals surface area (Å²) in [7, 11) is 0. The first-order valence-electron chi connectivity index (χ1n) is 6.11. The van der Waals surface area contributed by atoms with Crippen molar-refractivity contribution in [3.63, 3.8) is 0 Å². The average Bonchev–Trinajstić information content (AvgIpc) is 2.57. The zero-order valence-corrected chi connectivity index (χ0v) is 12.3. The van der Waals surface area contributed by atoms with E-state index < -0.39 is 5.41 Å². The lowest BCUT2D eigenvalue weighted by Crippen LogP contribution is -2.33. The van der Waals surface area contributed by atoms with E-state index in [0.717, 1.165) is 16.5 Å². The molecule has 0 saturated heterocycles. The lowest BCUT2D eigenvalue weighted by atomic mass is 9.77. The lowest BCUT2D eigenvalue weighted by Gasteiger charge is -2.22. The van der Waals surface area contributed by atoms with Gasteiger partial charge in [0.15, 0.2) is 5.78 Å². The normalized spacial score (nSPS) is 26.0. The van der Waals surface area contributed by atoms with E-state index in [9.17, 15) is 10.1 Å². The summed E-state index contributed by atoms with van der Waals surface area (Å²) in [5, 5.41) is 9.49. The Balaban J connectivity index is 2.35. The third kappa shape index (κ3) is 2.10. The van der Waals surface area contributed by atoms with Crippen LogP contribution < -0.4 is 0 Å². The minimum atomic E-state index is -0.840. The molecule has 0 bridgehead atoms. The van der Waals surface area contributed by atoms with Gasteiger partial charge in [-0.05, 0) is 30.9 Å². The van der Waals surface area contributed by atoms with Crippen molar-refractivity contribution in [2.75, 3.05) is 0 Å². The number of carbonyl (C=O) groups is 1. The first-order valence-corrected chi connectivity index (χ1v) is 6.90. The Kier molecular flexibility index (Phi) is 3.33. The van der Waals surface area contributed by atoms with Gasteiger partial charge in [-0.2, -0.15) is 5.26 Å². The summed E-state index contributed by atoms with van der Waals surface area (Å²) in [6, 6.07) is 10.1. The highest BCUT2D eigenvalue weighted by Gasteiger charge is 2.52. The van der Waals surface area contributed by atoms with E-state index in [1.54, 1.807) is 0 Å². The molecule has 0 aromatic heterocycles. The Bertz CT molecular complexity index is 530. The Hall–Kier alpha value is -1.14. The van der Waals surface area contributed by atoms with Crippen LogP contribution in [0.2, 0.25) is 0 Å². The van der Waals surface area contributed by atoms with Crippen LogP contribution in [-0.4, -0.2) is 5.78 Å². The van der Waals surface area contributed by atoms with Gasteiger partial charge in [0.05, 0.1) is 6.07 Å². The number of nitrogens with zero attached hydrogens (tertiary/aromatic N) is 1. The smallest absolute Gasteiger partial charge is 0.158 e. The van der Waals surface area contributed by atoms with Crippen molar-refractivity contribution in [2.45, 2.75) is 33.1 Å². The summed E-state index contributed by atoms with van der Waals surface area (Å²) in [6.45, 7) is 3.88. The van der Waals surface area contributed by atoms with Crippen molar-refractivity contribution >= 4 is 21.7 Å². The van der Waals surface area contributed by atoms with E-state index in [2.05, 4.69) is 22.0 Å². The summed E-state index contributed by atoms with van der Waals surface area (Å²) in [5.41, 5.74) is -0.172. The van der Waals surface area contributed by atoms with Crippen molar-refractivity contribution in [1.29, 1.82) is 5.26 Å². The monoisotopic (exact) mass is 305 g/mol. The molecule has 0 N–H and O–H groups in total. The van der Waals surface area contributed by atoms with Crippen LogP contribution in [0.3, 0.4) is 0 Å². The number of hydrogen-bond acceptors (Lipinski definition) is 2. The predicted molar refractivity (Wildman–Crippen MR) is 73.9 cm³/mol. The first-order chi connectivity index (χ1) is 8.41. The SMILES string of the molecule is CC1(C)CCC(C#N)(Cc2ccccc2Br)C1=O. The molecule has 18 heavy (non-hydrogen) atoms. The fourth-order valence-electron chi connectivity index (χ4n) is 2.68. The maximum absolute atomic E-state index is 12.5. The molecule has 2 nitrogen and oxygen atoms in total. The van der Waals surface area contributed by atoms with Crippen LogP contribution in [0, 0.1) is 22.2 Å². The van der Waals surface area contributed by atoms with E-state index in [4.69, 9.17) is 0 Å². The fourth-order valence-corrected chi connectivity index (χ4v) is 3.11. The van der Waals surface area contributed by atoms with Gasteiger partial charge in [0, 0.05) is 9.89 Å². The number of rotatable bonds is 2. The van der Waals surface area contributed by atoms with Gasteiger partial charge >= 0.3 is 0 Å². The maximum Gasteiger partial charge on any atom is 0.158 e. The Morgan fingerprint density at radius 1 is 1.33 bits per heavy atom. The van der Waals surface area contributed by atoms with Crippen molar-refractivity contribution in [1.82, 2.24) is 0 Å². The van der Waals surface area contributed by atoms with Crippen LogP contribution in [-0.2, 0) is 11.2 Å². The number of benzene rings is 1. The van der Waals surface area contributed by atoms with Gasteiger partial charge in [-0.25, -0.2) is 0 Å². The zero-order chi connectivity index (χ0) is 13.4. The standard InChI is InChI=1S/C15H16BrNO/c1-14(2)7-8-15(10-17,13(14)18)9-11-5-3-4-6-12(11)16/h3-6H,7-9H2,1-2H3. The van der Waals surface area contributed by atoms with Crippen molar-refractivity contribution in [2.24, 2.45) is 10.8 Å². The highest BCUT2D eigenvalue weighted by molar-refractivity contribution is 9.10. The van der Waals surface area contributed by atoms with Gasteiger partial charge in [-0.15, -0.1) is 0 Å². The van der Waals surface area contributed by atoms with Crippen LogP contribution in [0.15, 0.2) is 28.7 Å². The molecule has 1 unspecified atom stereocenters. The molecule has 1 aromatic rings. The molecule has 2 rings (SSSR count). The van der Waals surface area contributed by atoms with E-state index in [-0.39, 0.29) is 11.2 Å². The zero-order valence-electron chi connectivity index (χ0n) is 10.7. The molecule has 1 aromatic carbocycles.